The highest BCUT2D eigenvalue weighted by Gasteiger charge is 2.44. The van der Waals surface area contributed by atoms with E-state index in [0.29, 0.717) is 29.9 Å². The summed E-state index contributed by atoms with van der Waals surface area (Å²) in [6, 6.07) is 18.5. The van der Waals surface area contributed by atoms with Crippen molar-refractivity contribution in [1.29, 1.82) is 0 Å². The molecule has 0 aliphatic carbocycles. The Morgan fingerprint density at radius 2 is 1.67 bits per heavy atom. The van der Waals surface area contributed by atoms with Gasteiger partial charge < -0.3 is 19.7 Å². The molecule has 3 aromatic carbocycles. The minimum Gasteiger partial charge on any atom is -0.497 e. The highest BCUT2D eigenvalue weighted by Crippen LogP contribution is 2.28. The first kappa shape index (κ1) is 27.7. The summed E-state index contributed by atoms with van der Waals surface area (Å²) in [6.07, 6.45) is 0.416. The van der Waals surface area contributed by atoms with E-state index in [0.717, 1.165) is 11.3 Å². The third-order valence-corrected chi connectivity index (χ3v) is 6.68. The van der Waals surface area contributed by atoms with Gasteiger partial charge in [-0.2, -0.15) is 0 Å². The maximum Gasteiger partial charge on any atom is 0.338 e. The van der Waals surface area contributed by atoms with Gasteiger partial charge in [0, 0.05) is 12.2 Å². The molecule has 0 aromatic heterocycles. The van der Waals surface area contributed by atoms with E-state index < -0.39 is 23.7 Å². The molecule has 39 heavy (non-hydrogen) atoms. The van der Waals surface area contributed by atoms with Crippen LogP contribution in [0.1, 0.15) is 29.3 Å². The van der Waals surface area contributed by atoms with Crippen molar-refractivity contribution < 1.29 is 28.2 Å². The molecular formula is C29H28FN3O5S. The summed E-state index contributed by atoms with van der Waals surface area (Å²) >= 11 is 5.72. The van der Waals surface area contributed by atoms with Crippen molar-refractivity contribution in [3.8, 4) is 5.75 Å². The number of methoxy groups -OCH3 is 1. The minimum atomic E-state index is -0.846. The summed E-state index contributed by atoms with van der Waals surface area (Å²) in [4.78, 5) is 41.7. The molecule has 0 bridgehead atoms. The Morgan fingerprint density at radius 3 is 2.28 bits per heavy atom. The van der Waals surface area contributed by atoms with Crippen molar-refractivity contribution in [2.24, 2.45) is 0 Å². The zero-order valence-electron chi connectivity index (χ0n) is 21.6. The summed E-state index contributed by atoms with van der Waals surface area (Å²) in [7, 11) is 1.60. The first-order valence-corrected chi connectivity index (χ1v) is 12.8. The van der Waals surface area contributed by atoms with E-state index in [1.54, 1.807) is 43.2 Å². The van der Waals surface area contributed by atoms with Crippen LogP contribution in [0.3, 0.4) is 0 Å². The van der Waals surface area contributed by atoms with E-state index in [2.05, 4.69) is 5.32 Å². The van der Waals surface area contributed by atoms with Gasteiger partial charge in [0.15, 0.2) is 5.11 Å². The molecule has 3 aromatic rings. The Kier molecular flexibility index (Phi) is 8.88. The lowest BCUT2D eigenvalue weighted by molar-refractivity contribution is -0.124. The fourth-order valence-corrected chi connectivity index (χ4v) is 4.66. The molecule has 0 saturated carbocycles. The van der Waals surface area contributed by atoms with Crippen molar-refractivity contribution in [2.75, 3.05) is 30.5 Å². The van der Waals surface area contributed by atoms with Crippen LogP contribution in [0.2, 0.25) is 0 Å². The van der Waals surface area contributed by atoms with Crippen LogP contribution in [0.15, 0.2) is 72.8 Å². The molecule has 0 spiro atoms. The second-order valence-corrected chi connectivity index (χ2v) is 9.16. The number of halogens is 1. The van der Waals surface area contributed by atoms with Crippen LogP contribution < -0.4 is 15.0 Å². The van der Waals surface area contributed by atoms with Gasteiger partial charge in [-0.3, -0.25) is 14.5 Å². The van der Waals surface area contributed by atoms with E-state index in [4.69, 9.17) is 21.7 Å². The Bertz CT molecular complexity index is 1350. The third kappa shape index (κ3) is 6.58. The number of nitrogens with one attached hydrogen (secondary N) is 1. The van der Waals surface area contributed by atoms with Crippen molar-refractivity contribution in [2.45, 2.75) is 25.8 Å². The van der Waals surface area contributed by atoms with E-state index in [1.165, 1.54) is 29.2 Å². The Balaban J connectivity index is 1.55. The van der Waals surface area contributed by atoms with E-state index in [-0.39, 0.29) is 24.0 Å². The topological polar surface area (TPSA) is 88.2 Å². The maximum atomic E-state index is 13.6. The van der Waals surface area contributed by atoms with Crippen LogP contribution >= 0.6 is 12.2 Å². The first-order valence-electron chi connectivity index (χ1n) is 12.4. The predicted octanol–water partition coefficient (Wildman–Crippen LogP) is 4.58. The number of esters is 1. The molecule has 10 heteroatoms. The summed E-state index contributed by atoms with van der Waals surface area (Å²) in [5.41, 5.74) is 2.27. The first-order chi connectivity index (χ1) is 18.8. The normalized spacial score (nSPS) is 14.9. The lowest BCUT2D eigenvalue weighted by Gasteiger charge is -2.24. The fourth-order valence-electron chi connectivity index (χ4n) is 4.25. The van der Waals surface area contributed by atoms with Crippen molar-refractivity contribution >= 4 is 46.5 Å². The van der Waals surface area contributed by atoms with Crippen LogP contribution in [0.5, 0.6) is 5.75 Å². The number of rotatable bonds is 10. The van der Waals surface area contributed by atoms with Gasteiger partial charge in [0.25, 0.3) is 5.91 Å². The standard InChI is InChI=1S/C29H28FN3O5S/c1-3-38-28(36)20-6-12-23(13-7-20)33-27(35)25(18-26(34)31-22-10-8-21(30)9-11-22)32(29(33)39)17-16-19-4-14-24(37-2)15-5-19/h4-15,25H,3,16-18H2,1-2H3,(H,31,34)/t25-/m1/s1. The monoisotopic (exact) mass is 549 g/mol. The Labute approximate surface area is 231 Å². The molecule has 0 unspecified atom stereocenters. The number of amides is 2. The lowest BCUT2D eigenvalue weighted by atomic mass is 10.1. The number of carbonyl (C=O) groups is 3. The number of benzene rings is 3. The summed E-state index contributed by atoms with van der Waals surface area (Å²) in [5.74, 6) is -0.905. The van der Waals surface area contributed by atoms with Gasteiger partial charge in [0.1, 0.15) is 17.6 Å². The Hall–Kier alpha value is -4.31. The summed E-state index contributed by atoms with van der Waals surface area (Å²) < 4.78 is 23.5. The molecule has 1 saturated heterocycles. The van der Waals surface area contributed by atoms with Gasteiger partial charge in [-0.15, -0.1) is 0 Å². The smallest absolute Gasteiger partial charge is 0.338 e. The molecule has 1 aliphatic rings. The summed E-state index contributed by atoms with van der Waals surface area (Å²) in [5, 5.41) is 2.97. The van der Waals surface area contributed by atoms with Gasteiger partial charge >= 0.3 is 5.97 Å². The molecule has 0 radical (unpaired) electrons. The van der Waals surface area contributed by atoms with Gasteiger partial charge in [-0.1, -0.05) is 12.1 Å². The van der Waals surface area contributed by atoms with Crippen molar-refractivity contribution in [3.05, 3.63) is 89.7 Å². The van der Waals surface area contributed by atoms with Crippen LogP contribution in [-0.4, -0.2) is 54.1 Å². The highest BCUT2D eigenvalue weighted by molar-refractivity contribution is 7.80. The molecule has 4 rings (SSSR count). The van der Waals surface area contributed by atoms with Crippen LogP contribution in [0.4, 0.5) is 15.8 Å². The van der Waals surface area contributed by atoms with Gasteiger partial charge in [0.05, 0.1) is 31.4 Å². The largest absolute Gasteiger partial charge is 0.497 e. The molecule has 1 aliphatic heterocycles. The number of anilines is 2. The number of ether oxygens (including phenoxy) is 2. The number of hydrogen-bond donors (Lipinski definition) is 1. The fraction of sp³-hybridized carbons (Fsp3) is 0.241. The van der Waals surface area contributed by atoms with Gasteiger partial charge in [0.2, 0.25) is 5.91 Å². The predicted molar refractivity (Wildman–Crippen MR) is 149 cm³/mol. The highest BCUT2D eigenvalue weighted by atomic mass is 32.1. The average molecular weight is 550 g/mol. The van der Waals surface area contributed by atoms with E-state index in [1.807, 2.05) is 24.3 Å². The van der Waals surface area contributed by atoms with Crippen LogP contribution in [0, 0.1) is 5.82 Å². The third-order valence-electron chi connectivity index (χ3n) is 6.26. The molecule has 1 N–H and O–H groups in total. The molecular weight excluding hydrogens is 521 g/mol. The second kappa shape index (κ2) is 12.5. The van der Waals surface area contributed by atoms with E-state index >= 15 is 0 Å². The number of nitrogens with zero attached hydrogens (tertiary/aromatic N) is 2. The second-order valence-electron chi connectivity index (χ2n) is 8.79. The molecule has 202 valence electrons. The zero-order valence-corrected chi connectivity index (χ0v) is 22.4. The summed E-state index contributed by atoms with van der Waals surface area (Å²) in [6.45, 7) is 2.36. The minimum absolute atomic E-state index is 0.156. The zero-order chi connectivity index (χ0) is 27.9. The number of carbonyl (C=O) groups excluding carboxylic acids is 3. The molecule has 1 atom stereocenters. The number of thiocarbonyl (C=S) groups is 1. The van der Waals surface area contributed by atoms with Crippen LogP contribution in [-0.2, 0) is 20.7 Å². The molecule has 1 heterocycles. The SMILES string of the molecule is CCOC(=O)c1ccc(N2C(=O)[C@@H](CC(=O)Nc3ccc(F)cc3)N(CCc3ccc(OC)cc3)C2=S)cc1. The lowest BCUT2D eigenvalue weighted by Crippen LogP contribution is -2.39. The van der Waals surface area contributed by atoms with Crippen molar-refractivity contribution in [1.82, 2.24) is 4.90 Å². The van der Waals surface area contributed by atoms with Gasteiger partial charge in [-0.25, -0.2) is 9.18 Å². The Morgan fingerprint density at radius 1 is 1.00 bits per heavy atom. The quantitative estimate of drug-likeness (QED) is 0.293. The van der Waals surface area contributed by atoms with E-state index in [9.17, 15) is 18.8 Å². The maximum absolute atomic E-state index is 13.6. The molecule has 1 fully saturated rings. The molecule has 2 amide bonds. The average Bonchev–Trinajstić information content (AvgIpc) is 3.17. The molecule has 8 nitrogen and oxygen atoms in total. The van der Waals surface area contributed by atoms with Gasteiger partial charge in [-0.05, 0) is 91.8 Å². The van der Waals surface area contributed by atoms with Crippen molar-refractivity contribution in [3.63, 3.8) is 0 Å². The van der Waals surface area contributed by atoms with Crippen LogP contribution in [0.25, 0.3) is 0 Å². The number of hydrogen-bond acceptors (Lipinski definition) is 6.